The van der Waals surface area contributed by atoms with Crippen LogP contribution < -0.4 is 4.72 Å². The molecule has 0 atom stereocenters. The standard InChI is InChI=1S/C14H28N2O3S/c1-12-3-7-14(17,8-4-12)11-16-9-5-13(6-10-16)15-20(2,18)19/h12-13,15,17H,3-11H2,1-2H3. The minimum atomic E-state index is -3.10. The van der Waals surface area contributed by atoms with Crippen LogP contribution in [0.25, 0.3) is 0 Å². The lowest BCUT2D eigenvalue weighted by Gasteiger charge is -2.41. The summed E-state index contributed by atoms with van der Waals surface area (Å²) in [6.45, 7) is 4.73. The van der Waals surface area contributed by atoms with E-state index in [9.17, 15) is 13.5 Å². The van der Waals surface area contributed by atoms with Gasteiger partial charge in [0.1, 0.15) is 0 Å². The third kappa shape index (κ3) is 4.98. The molecule has 1 saturated carbocycles. The number of nitrogens with one attached hydrogen (secondary N) is 1. The molecule has 1 aliphatic carbocycles. The van der Waals surface area contributed by atoms with Crippen molar-refractivity contribution in [3.8, 4) is 0 Å². The molecule has 2 N–H and O–H groups in total. The van der Waals surface area contributed by atoms with Gasteiger partial charge in [-0.1, -0.05) is 6.92 Å². The molecule has 2 aliphatic rings. The normalized spacial score (nSPS) is 34.2. The molecular weight excluding hydrogens is 276 g/mol. The lowest BCUT2D eigenvalue weighted by Crippen LogP contribution is -2.50. The molecule has 0 unspecified atom stereocenters. The van der Waals surface area contributed by atoms with Crippen LogP contribution in [0.2, 0.25) is 0 Å². The number of likely N-dealkylation sites (tertiary alicyclic amines) is 1. The largest absolute Gasteiger partial charge is 0.389 e. The first-order valence-electron chi connectivity index (χ1n) is 7.68. The zero-order valence-electron chi connectivity index (χ0n) is 12.6. The Hall–Kier alpha value is -0.170. The van der Waals surface area contributed by atoms with E-state index in [1.165, 1.54) is 6.26 Å². The van der Waals surface area contributed by atoms with E-state index >= 15 is 0 Å². The van der Waals surface area contributed by atoms with Crippen molar-refractivity contribution in [3.05, 3.63) is 0 Å². The molecule has 0 radical (unpaired) electrons. The second-order valence-electron chi connectivity index (χ2n) is 6.85. The van der Waals surface area contributed by atoms with Crippen LogP contribution in [0.4, 0.5) is 0 Å². The summed E-state index contributed by atoms with van der Waals surface area (Å²) in [5.41, 5.74) is -0.524. The van der Waals surface area contributed by atoms with Crippen LogP contribution in [-0.2, 0) is 10.0 Å². The van der Waals surface area contributed by atoms with E-state index in [-0.39, 0.29) is 6.04 Å². The zero-order valence-corrected chi connectivity index (χ0v) is 13.5. The first-order valence-corrected chi connectivity index (χ1v) is 9.57. The molecule has 0 bridgehead atoms. The molecule has 118 valence electrons. The number of β-amino-alcohol motifs (C(OH)–C–C–N with tert-alkyl or cyclic N) is 1. The molecular formula is C14H28N2O3S. The molecule has 0 amide bonds. The van der Waals surface area contributed by atoms with Gasteiger partial charge >= 0.3 is 0 Å². The van der Waals surface area contributed by atoms with Gasteiger partial charge in [0.05, 0.1) is 11.9 Å². The fourth-order valence-corrected chi connectivity index (χ4v) is 4.23. The summed E-state index contributed by atoms with van der Waals surface area (Å²) < 4.78 is 25.1. The van der Waals surface area contributed by atoms with E-state index in [0.29, 0.717) is 0 Å². The molecule has 5 nitrogen and oxygen atoms in total. The maximum Gasteiger partial charge on any atom is 0.208 e. The van der Waals surface area contributed by atoms with Crippen LogP contribution >= 0.6 is 0 Å². The van der Waals surface area contributed by atoms with Gasteiger partial charge in [0.15, 0.2) is 0 Å². The zero-order chi connectivity index (χ0) is 14.8. The highest BCUT2D eigenvalue weighted by Crippen LogP contribution is 2.32. The molecule has 6 heteroatoms. The summed E-state index contributed by atoms with van der Waals surface area (Å²) in [4.78, 5) is 2.29. The molecule has 1 heterocycles. The van der Waals surface area contributed by atoms with Gasteiger partial charge in [-0.3, -0.25) is 0 Å². The molecule has 20 heavy (non-hydrogen) atoms. The van der Waals surface area contributed by atoms with E-state index in [1.54, 1.807) is 0 Å². The number of hydrogen-bond acceptors (Lipinski definition) is 4. The number of hydrogen-bond donors (Lipinski definition) is 2. The van der Waals surface area contributed by atoms with Gasteiger partial charge in [-0.2, -0.15) is 0 Å². The fraction of sp³-hybridized carbons (Fsp3) is 1.00. The number of aliphatic hydroxyl groups is 1. The molecule has 1 saturated heterocycles. The molecule has 1 aliphatic heterocycles. The second kappa shape index (κ2) is 6.30. The van der Waals surface area contributed by atoms with E-state index in [4.69, 9.17) is 0 Å². The van der Waals surface area contributed by atoms with Crippen molar-refractivity contribution >= 4 is 10.0 Å². The van der Waals surface area contributed by atoms with E-state index in [0.717, 1.165) is 64.1 Å². The summed E-state index contributed by atoms with van der Waals surface area (Å²) in [5, 5.41) is 10.6. The minimum absolute atomic E-state index is 0.0577. The Morgan fingerprint density at radius 1 is 1.20 bits per heavy atom. The van der Waals surface area contributed by atoms with Gasteiger partial charge in [-0.15, -0.1) is 0 Å². The van der Waals surface area contributed by atoms with Gasteiger partial charge in [0.25, 0.3) is 0 Å². The third-order valence-electron chi connectivity index (χ3n) is 4.69. The van der Waals surface area contributed by atoms with Gasteiger partial charge < -0.3 is 10.0 Å². The Morgan fingerprint density at radius 2 is 1.75 bits per heavy atom. The highest BCUT2D eigenvalue weighted by atomic mass is 32.2. The maximum absolute atomic E-state index is 11.2. The fourth-order valence-electron chi connectivity index (χ4n) is 3.39. The van der Waals surface area contributed by atoms with Crippen molar-refractivity contribution in [2.45, 2.75) is 57.1 Å². The summed E-state index contributed by atoms with van der Waals surface area (Å²) in [7, 11) is -3.10. The van der Waals surface area contributed by atoms with Crippen molar-refractivity contribution < 1.29 is 13.5 Å². The topological polar surface area (TPSA) is 69.6 Å². The van der Waals surface area contributed by atoms with Gasteiger partial charge in [-0.25, -0.2) is 13.1 Å². The molecule has 0 aromatic rings. The Labute approximate surface area is 122 Å². The van der Waals surface area contributed by atoms with Crippen molar-refractivity contribution in [3.63, 3.8) is 0 Å². The maximum atomic E-state index is 11.2. The molecule has 2 rings (SSSR count). The average Bonchev–Trinajstić information content (AvgIpc) is 2.34. The minimum Gasteiger partial charge on any atom is -0.389 e. The quantitative estimate of drug-likeness (QED) is 0.811. The highest BCUT2D eigenvalue weighted by molar-refractivity contribution is 7.88. The lowest BCUT2D eigenvalue weighted by molar-refractivity contribution is -0.0392. The Morgan fingerprint density at radius 3 is 2.25 bits per heavy atom. The lowest BCUT2D eigenvalue weighted by atomic mass is 9.79. The average molecular weight is 304 g/mol. The van der Waals surface area contributed by atoms with Crippen molar-refractivity contribution in [1.29, 1.82) is 0 Å². The van der Waals surface area contributed by atoms with Crippen molar-refractivity contribution in [2.75, 3.05) is 25.9 Å². The van der Waals surface area contributed by atoms with E-state index < -0.39 is 15.6 Å². The SMILES string of the molecule is CC1CCC(O)(CN2CCC(NS(C)(=O)=O)CC2)CC1. The number of nitrogens with zero attached hydrogens (tertiary/aromatic N) is 1. The number of sulfonamides is 1. The Balaban J connectivity index is 1.77. The Kier molecular flexibility index (Phi) is 5.10. The third-order valence-corrected chi connectivity index (χ3v) is 5.45. The molecule has 2 fully saturated rings. The summed E-state index contributed by atoms with van der Waals surface area (Å²) >= 11 is 0. The monoisotopic (exact) mass is 304 g/mol. The second-order valence-corrected chi connectivity index (χ2v) is 8.63. The summed E-state index contributed by atoms with van der Waals surface area (Å²) in [6.07, 6.45) is 6.90. The van der Waals surface area contributed by atoms with Crippen LogP contribution in [0.3, 0.4) is 0 Å². The van der Waals surface area contributed by atoms with Crippen molar-refractivity contribution in [2.24, 2.45) is 5.92 Å². The Bertz CT molecular complexity index is 408. The van der Waals surface area contributed by atoms with Crippen LogP contribution in [0, 0.1) is 5.92 Å². The van der Waals surface area contributed by atoms with Crippen LogP contribution in [0.1, 0.15) is 45.4 Å². The van der Waals surface area contributed by atoms with E-state index in [2.05, 4.69) is 16.5 Å². The highest BCUT2D eigenvalue weighted by Gasteiger charge is 2.34. The number of piperidine rings is 1. The predicted molar refractivity (Wildman–Crippen MR) is 80.0 cm³/mol. The molecule has 0 spiro atoms. The van der Waals surface area contributed by atoms with Crippen LogP contribution in [0.5, 0.6) is 0 Å². The molecule has 0 aromatic carbocycles. The van der Waals surface area contributed by atoms with Crippen LogP contribution in [-0.4, -0.2) is 56.0 Å². The number of rotatable bonds is 4. The molecule has 0 aromatic heterocycles. The van der Waals surface area contributed by atoms with Gasteiger partial charge in [-0.05, 0) is 57.5 Å². The van der Waals surface area contributed by atoms with Crippen LogP contribution in [0.15, 0.2) is 0 Å². The van der Waals surface area contributed by atoms with Crippen molar-refractivity contribution in [1.82, 2.24) is 9.62 Å². The van der Waals surface area contributed by atoms with E-state index in [1.807, 2.05) is 0 Å². The first kappa shape index (κ1) is 16.2. The smallest absolute Gasteiger partial charge is 0.208 e. The summed E-state index contributed by atoms with van der Waals surface area (Å²) in [6, 6.07) is 0.0577. The predicted octanol–water partition coefficient (Wildman–Crippen LogP) is 0.941. The first-order chi connectivity index (χ1) is 9.26. The van der Waals surface area contributed by atoms with Gasteiger partial charge in [0.2, 0.25) is 10.0 Å². The summed E-state index contributed by atoms with van der Waals surface area (Å²) in [5.74, 6) is 0.736. The van der Waals surface area contributed by atoms with Gasteiger partial charge in [0, 0.05) is 12.6 Å².